The van der Waals surface area contributed by atoms with Gasteiger partial charge < -0.3 is 10.2 Å². The van der Waals surface area contributed by atoms with E-state index >= 15 is 0 Å². The number of amides is 1. The van der Waals surface area contributed by atoms with Gasteiger partial charge in [-0.3, -0.25) is 9.78 Å². The summed E-state index contributed by atoms with van der Waals surface area (Å²) in [5, 5.41) is 3.37. The molecule has 1 aromatic heterocycles. The lowest BCUT2D eigenvalue weighted by molar-refractivity contribution is 0.0781. The number of likely N-dealkylation sites (tertiary alicyclic amines) is 1. The molecule has 0 radical (unpaired) electrons. The van der Waals surface area contributed by atoms with Crippen molar-refractivity contribution in [1.82, 2.24) is 15.2 Å². The van der Waals surface area contributed by atoms with E-state index < -0.39 is 0 Å². The van der Waals surface area contributed by atoms with E-state index in [0.717, 1.165) is 26.2 Å². The number of carbonyl (C=O) groups excluding carboxylic acids is 1. The lowest BCUT2D eigenvalue weighted by Gasteiger charge is -2.17. The predicted octanol–water partition coefficient (Wildman–Crippen LogP) is 1.22. The highest BCUT2D eigenvalue weighted by molar-refractivity contribution is 5.94. The van der Waals surface area contributed by atoms with E-state index in [0.29, 0.717) is 17.4 Å². The second-order valence-corrected chi connectivity index (χ2v) is 4.63. The fourth-order valence-electron chi connectivity index (χ4n) is 2.69. The fraction of sp³-hybridized carbons (Fsp3) is 0.500. The number of pyridine rings is 1. The van der Waals surface area contributed by atoms with Crippen LogP contribution in [0.25, 0.3) is 0 Å². The molecule has 0 bridgehead atoms. The van der Waals surface area contributed by atoms with Crippen LogP contribution in [0.3, 0.4) is 0 Å². The van der Waals surface area contributed by atoms with Crippen LogP contribution in [-0.2, 0) is 0 Å². The Morgan fingerprint density at radius 3 is 2.50 bits per heavy atom. The Balaban J connectivity index is 0.000000810. The number of hydrogen-bond donors (Lipinski definition) is 1. The van der Waals surface area contributed by atoms with Gasteiger partial charge in [0.25, 0.3) is 5.91 Å². The standard InChI is InChI=1S/C12H15N3O.2ClH/c16-12(9-2-1-3-13-4-9)15-7-10-5-14-6-11(10)8-15;;/h1-4,10-11,14H,5-8H2;2*1H/t10-,11+;;. The van der Waals surface area contributed by atoms with Crippen molar-refractivity contribution >= 4 is 30.7 Å². The number of fused-ring (bicyclic) bond motifs is 1. The highest BCUT2D eigenvalue weighted by Crippen LogP contribution is 2.27. The molecule has 0 saturated carbocycles. The Kier molecular flexibility index (Phi) is 5.38. The van der Waals surface area contributed by atoms with Gasteiger partial charge in [-0.05, 0) is 24.0 Å². The molecular formula is C12H17Cl2N3O. The van der Waals surface area contributed by atoms with E-state index in [1.165, 1.54) is 0 Å². The van der Waals surface area contributed by atoms with Gasteiger partial charge in [-0.25, -0.2) is 0 Å². The number of aromatic nitrogens is 1. The number of hydrogen-bond acceptors (Lipinski definition) is 3. The first-order valence-electron chi connectivity index (χ1n) is 5.74. The summed E-state index contributed by atoms with van der Waals surface area (Å²) < 4.78 is 0. The molecule has 0 spiro atoms. The third-order valence-electron chi connectivity index (χ3n) is 3.59. The van der Waals surface area contributed by atoms with Crippen LogP contribution < -0.4 is 5.32 Å². The normalized spacial score (nSPS) is 25.0. The summed E-state index contributed by atoms with van der Waals surface area (Å²) in [5.41, 5.74) is 0.704. The van der Waals surface area contributed by atoms with Crippen molar-refractivity contribution in [3.63, 3.8) is 0 Å². The first-order valence-corrected chi connectivity index (χ1v) is 5.74. The van der Waals surface area contributed by atoms with Crippen LogP contribution in [0.15, 0.2) is 24.5 Å². The lowest BCUT2D eigenvalue weighted by atomic mass is 10.0. The first-order chi connectivity index (χ1) is 7.84. The molecule has 18 heavy (non-hydrogen) atoms. The van der Waals surface area contributed by atoms with Gasteiger partial charge in [0.05, 0.1) is 5.56 Å². The van der Waals surface area contributed by atoms with Crippen LogP contribution in [0.4, 0.5) is 0 Å². The smallest absolute Gasteiger partial charge is 0.255 e. The Labute approximate surface area is 119 Å². The minimum absolute atomic E-state index is 0. The van der Waals surface area contributed by atoms with Crippen LogP contribution in [0.1, 0.15) is 10.4 Å². The van der Waals surface area contributed by atoms with Crippen LogP contribution >= 0.6 is 24.8 Å². The summed E-state index contributed by atoms with van der Waals surface area (Å²) in [6, 6.07) is 3.65. The number of carbonyl (C=O) groups is 1. The maximum Gasteiger partial charge on any atom is 0.255 e. The van der Waals surface area contributed by atoms with Gasteiger partial charge in [0.15, 0.2) is 0 Å². The van der Waals surface area contributed by atoms with Crippen molar-refractivity contribution in [2.75, 3.05) is 26.2 Å². The lowest BCUT2D eigenvalue weighted by Crippen LogP contribution is -2.31. The van der Waals surface area contributed by atoms with Gasteiger partial charge in [0.2, 0.25) is 0 Å². The van der Waals surface area contributed by atoms with E-state index in [4.69, 9.17) is 0 Å². The number of nitrogens with zero attached hydrogens (tertiary/aromatic N) is 2. The van der Waals surface area contributed by atoms with Gasteiger partial charge in [-0.2, -0.15) is 0 Å². The minimum Gasteiger partial charge on any atom is -0.338 e. The highest BCUT2D eigenvalue weighted by atomic mass is 35.5. The maximum atomic E-state index is 12.1. The first kappa shape index (κ1) is 15.2. The number of rotatable bonds is 1. The molecule has 2 atom stereocenters. The molecule has 100 valence electrons. The Morgan fingerprint density at radius 2 is 1.94 bits per heavy atom. The molecule has 2 aliphatic heterocycles. The Morgan fingerprint density at radius 1 is 1.28 bits per heavy atom. The molecule has 1 aromatic rings. The molecule has 3 rings (SSSR count). The zero-order valence-corrected chi connectivity index (χ0v) is 11.5. The van der Waals surface area contributed by atoms with Crippen LogP contribution in [-0.4, -0.2) is 42.0 Å². The van der Waals surface area contributed by atoms with Crippen LogP contribution in [0.5, 0.6) is 0 Å². The predicted molar refractivity (Wildman–Crippen MR) is 74.5 cm³/mol. The summed E-state index contributed by atoms with van der Waals surface area (Å²) in [7, 11) is 0. The zero-order chi connectivity index (χ0) is 11.0. The van der Waals surface area contributed by atoms with Crippen LogP contribution in [0, 0.1) is 11.8 Å². The molecule has 0 aliphatic carbocycles. The molecule has 2 saturated heterocycles. The summed E-state index contributed by atoms with van der Waals surface area (Å²) in [6.45, 7) is 3.90. The summed E-state index contributed by atoms with van der Waals surface area (Å²) in [5.74, 6) is 1.43. The van der Waals surface area contributed by atoms with Crippen molar-refractivity contribution in [3.05, 3.63) is 30.1 Å². The van der Waals surface area contributed by atoms with Gasteiger partial charge >= 0.3 is 0 Å². The number of nitrogens with one attached hydrogen (secondary N) is 1. The Bertz CT molecular complexity index is 390. The molecule has 1 N–H and O–H groups in total. The van der Waals surface area contributed by atoms with Crippen molar-refractivity contribution in [2.24, 2.45) is 11.8 Å². The third-order valence-corrected chi connectivity index (χ3v) is 3.59. The molecule has 2 aliphatic rings. The summed E-state index contributed by atoms with van der Waals surface area (Å²) in [6.07, 6.45) is 3.34. The highest BCUT2D eigenvalue weighted by Gasteiger charge is 2.38. The molecular weight excluding hydrogens is 273 g/mol. The van der Waals surface area contributed by atoms with Crippen molar-refractivity contribution in [3.8, 4) is 0 Å². The topological polar surface area (TPSA) is 45.2 Å². The molecule has 6 heteroatoms. The van der Waals surface area contributed by atoms with Gasteiger partial charge in [0.1, 0.15) is 0 Å². The fourth-order valence-corrected chi connectivity index (χ4v) is 2.69. The monoisotopic (exact) mass is 289 g/mol. The van der Waals surface area contributed by atoms with Gasteiger partial charge in [0, 0.05) is 38.6 Å². The number of halogens is 2. The van der Waals surface area contributed by atoms with Crippen molar-refractivity contribution in [2.45, 2.75) is 0 Å². The second-order valence-electron chi connectivity index (χ2n) is 4.63. The molecule has 0 aromatic carbocycles. The Hall–Kier alpha value is -0.840. The van der Waals surface area contributed by atoms with E-state index in [1.807, 2.05) is 17.0 Å². The average Bonchev–Trinajstić information content (AvgIpc) is 2.89. The van der Waals surface area contributed by atoms with E-state index in [9.17, 15) is 4.79 Å². The van der Waals surface area contributed by atoms with Crippen LogP contribution in [0.2, 0.25) is 0 Å². The van der Waals surface area contributed by atoms with E-state index in [2.05, 4.69) is 10.3 Å². The minimum atomic E-state index is 0. The summed E-state index contributed by atoms with van der Waals surface area (Å²) >= 11 is 0. The molecule has 3 heterocycles. The second kappa shape index (κ2) is 6.36. The average molecular weight is 290 g/mol. The SMILES string of the molecule is Cl.Cl.O=C(c1cccnc1)N1C[C@H]2CNC[C@H]2C1. The summed E-state index contributed by atoms with van der Waals surface area (Å²) in [4.78, 5) is 18.1. The third kappa shape index (κ3) is 2.76. The van der Waals surface area contributed by atoms with Crippen molar-refractivity contribution < 1.29 is 4.79 Å². The van der Waals surface area contributed by atoms with E-state index in [1.54, 1.807) is 12.4 Å². The van der Waals surface area contributed by atoms with Crippen molar-refractivity contribution in [1.29, 1.82) is 0 Å². The zero-order valence-electron chi connectivity index (χ0n) is 9.91. The molecule has 4 nitrogen and oxygen atoms in total. The largest absolute Gasteiger partial charge is 0.338 e. The van der Waals surface area contributed by atoms with Gasteiger partial charge in [-0.1, -0.05) is 0 Å². The quantitative estimate of drug-likeness (QED) is 0.846. The molecule has 0 unspecified atom stereocenters. The molecule has 1 amide bonds. The molecule has 2 fully saturated rings. The van der Waals surface area contributed by atoms with E-state index in [-0.39, 0.29) is 30.7 Å². The maximum absolute atomic E-state index is 12.1. The van der Waals surface area contributed by atoms with Gasteiger partial charge in [-0.15, -0.1) is 24.8 Å².